The summed E-state index contributed by atoms with van der Waals surface area (Å²) in [7, 11) is 1.72. The number of thioether (sulfide) groups is 1. The van der Waals surface area contributed by atoms with E-state index >= 15 is 0 Å². The molecule has 1 heterocycles. The molecule has 4 nitrogen and oxygen atoms in total. The lowest BCUT2D eigenvalue weighted by Crippen LogP contribution is -2.18. The molecule has 2 rings (SSSR count). The highest BCUT2D eigenvalue weighted by Crippen LogP contribution is 2.31. The number of nitrogens with zero attached hydrogens (tertiary/aromatic N) is 2. The molecule has 0 aromatic carbocycles. The molecule has 6 heteroatoms. The van der Waals surface area contributed by atoms with E-state index in [0.717, 1.165) is 18.6 Å². The molecule has 2 atom stereocenters. The minimum absolute atomic E-state index is 0.307. The summed E-state index contributed by atoms with van der Waals surface area (Å²) < 4.78 is 13.6. The Kier molecular flexibility index (Phi) is 4.63. The van der Waals surface area contributed by atoms with Gasteiger partial charge in [-0.1, -0.05) is 6.92 Å². The minimum atomic E-state index is -0.388. The van der Waals surface area contributed by atoms with Crippen LogP contribution in [0.4, 0.5) is 16.2 Å². The van der Waals surface area contributed by atoms with Crippen LogP contribution < -0.4 is 10.6 Å². The van der Waals surface area contributed by atoms with Gasteiger partial charge in [0.15, 0.2) is 11.6 Å². The van der Waals surface area contributed by atoms with Crippen LogP contribution in [0.5, 0.6) is 0 Å². The number of aromatic nitrogens is 2. The Labute approximate surface area is 111 Å². The van der Waals surface area contributed by atoms with Crippen molar-refractivity contribution in [3.8, 4) is 0 Å². The normalized spacial score (nSPS) is 23.1. The fourth-order valence-electron chi connectivity index (χ4n) is 2.24. The van der Waals surface area contributed by atoms with Crippen molar-refractivity contribution in [3.05, 3.63) is 12.0 Å². The van der Waals surface area contributed by atoms with Crippen molar-refractivity contribution in [2.75, 3.05) is 23.4 Å². The molecule has 2 unspecified atom stereocenters. The van der Waals surface area contributed by atoms with Gasteiger partial charge in [-0.05, 0) is 25.0 Å². The molecular weight excluding hydrogens is 251 g/mol. The van der Waals surface area contributed by atoms with Crippen molar-refractivity contribution in [2.24, 2.45) is 0 Å². The monoisotopic (exact) mass is 270 g/mol. The lowest BCUT2D eigenvalue weighted by Gasteiger charge is -2.14. The fraction of sp³-hybridized carbons (Fsp3) is 0.667. The van der Waals surface area contributed by atoms with Gasteiger partial charge in [0.25, 0.3) is 0 Å². The molecule has 1 aromatic heterocycles. The topological polar surface area (TPSA) is 49.8 Å². The van der Waals surface area contributed by atoms with E-state index < -0.39 is 0 Å². The molecule has 0 bridgehead atoms. The van der Waals surface area contributed by atoms with Crippen LogP contribution in [0.1, 0.15) is 26.2 Å². The Morgan fingerprint density at radius 3 is 3.06 bits per heavy atom. The zero-order valence-electron chi connectivity index (χ0n) is 10.7. The van der Waals surface area contributed by atoms with Crippen LogP contribution in [0, 0.1) is 5.82 Å². The third-order valence-electron chi connectivity index (χ3n) is 3.10. The Hall–Kier alpha value is -1.04. The second kappa shape index (κ2) is 6.22. The lowest BCUT2D eigenvalue weighted by molar-refractivity contribution is 0.611. The predicted octanol–water partition coefficient (Wildman–Crippen LogP) is 2.74. The first kappa shape index (κ1) is 13.4. The standard InChI is InChI=1S/C12H19FN4S/c1-3-18-9-5-4-8(6-9)16-11-10(13)7-15-12(14-2)17-11/h7-9H,3-6H2,1-2H3,(H2,14,15,16,17). The van der Waals surface area contributed by atoms with E-state index in [4.69, 9.17) is 0 Å². The van der Waals surface area contributed by atoms with Crippen molar-refractivity contribution in [2.45, 2.75) is 37.5 Å². The smallest absolute Gasteiger partial charge is 0.224 e. The largest absolute Gasteiger partial charge is 0.365 e. The van der Waals surface area contributed by atoms with E-state index in [9.17, 15) is 4.39 Å². The Morgan fingerprint density at radius 2 is 2.33 bits per heavy atom. The minimum Gasteiger partial charge on any atom is -0.365 e. The molecule has 18 heavy (non-hydrogen) atoms. The highest BCUT2D eigenvalue weighted by atomic mass is 32.2. The van der Waals surface area contributed by atoms with Gasteiger partial charge >= 0.3 is 0 Å². The molecule has 1 aliphatic rings. The molecule has 0 spiro atoms. The SMILES string of the molecule is CCSC1CCC(Nc2nc(NC)ncc2F)C1. The summed E-state index contributed by atoms with van der Waals surface area (Å²) in [6.45, 7) is 2.18. The van der Waals surface area contributed by atoms with Gasteiger partial charge in [0.05, 0.1) is 6.20 Å². The summed E-state index contributed by atoms with van der Waals surface area (Å²) in [6, 6.07) is 0.322. The molecule has 1 aliphatic carbocycles. The number of halogens is 1. The predicted molar refractivity (Wildman–Crippen MR) is 74.7 cm³/mol. The first-order chi connectivity index (χ1) is 8.72. The molecule has 0 radical (unpaired) electrons. The average Bonchev–Trinajstić information content (AvgIpc) is 2.80. The van der Waals surface area contributed by atoms with Crippen molar-refractivity contribution < 1.29 is 4.39 Å². The molecule has 0 saturated heterocycles. The van der Waals surface area contributed by atoms with Gasteiger partial charge in [-0.15, -0.1) is 0 Å². The summed E-state index contributed by atoms with van der Waals surface area (Å²) in [4.78, 5) is 7.95. The maximum atomic E-state index is 13.6. The first-order valence-corrected chi connectivity index (χ1v) is 7.36. The number of nitrogens with one attached hydrogen (secondary N) is 2. The summed E-state index contributed by atoms with van der Waals surface area (Å²) in [5, 5.41) is 6.70. The zero-order chi connectivity index (χ0) is 13.0. The second-order valence-electron chi connectivity index (χ2n) is 4.37. The molecular formula is C12H19FN4S. The molecule has 0 amide bonds. The summed E-state index contributed by atoms with van der Waals surface area (Å²) in [5.41, 5.74) is 0. The zero-order valence-corrected chi connectivity index (χ0v) is 11.6. The van der Waals surface area contributed by atoms with Gasteiger partial charge in [0.2, 0.25) is 5.95 Å². The van der Waals surface area contributed by atoms with Crippen LogP contribution >= 0.6 is 11.8 Å². The average molecular weight is 270 g/mol. The summed E-state index contributed by atoms with van der Waals surface area (Å²) >= 11 is 1.99. The third kappa shape index (κ3) is 3.25. The highest BCUT2D eigenvalue weighted by Gasteiger charge is 2.25. The van der Waals surface area contributed by atoms with Crippen molar-refractivity contribution in [1.29, 1.82) is 0 Å². The molecule has 2 N–H and O–H groups in total. The van der Waals surface area contributed by atoms with Gasteiger partial charge in [0.1, 0.15) is 0 Å². The number of anilines is 2. The van der Waals surface area contributed by atoms with Gasteiger partial charge in [-0.25, -0.2) is 9.37 Å². The van der Waals surface area contributed by atoms with E-state index in [-0.39, 0.29) is 5.82 Å². The van der Waals surface area contributed by atoms with E-state index in [1.807, 2.05) is 11.8 Å². The first-order valence-electron chi connectivity index (χ1n) is 6.31. The lowest BCUT2D eigenvalue weighted by atomic mass is 10.2. The number of rotatable bonds is 5. The Morgan fingerprint density at radius 1 is 1.50 bits per heavy atom. The quantitative estimate of drug-likeness (QED) is 0.861. The molecule has 1 saturated carbocycles. The van der Waals surface area contributed by atoms with Crippen molar-refractivity contribution in [3.63, 3.8) is 0 Å². The van der Waals surface area contributed by atoms with Crippen molar-refractivity contribution in [1.82, 2.24) is 9.97 Å². The van der Waals surface area contributed by atoms with E-state index in [1.54, 1.807) is 7.05 Å². The van der Waals surface area contributed by atoms with Crippen LogP contribution in [-0.4, -0.2) is 34.1 Å². The Bertz CT molecular complexity index is 402. The van der Waals surface area contributed by atoms with Crippen LogP contribution in [0.2, 0.25) is 0 Å². The van der Waals surface area contributed by atoms with Crippen LogP contribution in [-0.2, 0) is 0 Å². The number of hydrogen-bond acceptors (Lipinski definition) is 5. The number of hydrogen-bond donors (Lipinski definition) is 2. The van der Waals surface area contributed by atoms with Crippen LogP contribution in [0.25, 0.3) is 0 Å². The van der Waals surface area contributed by atoms with Gasteiger partial charge in [-0.2, -0.15) is 16.7 Å². The van der Waals surface area contributed by atoms with Crippen LogP contribution in [0.15, 0.2) is 6.20 Å². The highest BCUT2D eigenvalue weighted by molar-refractivity contribution is 7.99. The van der Waals surface area contributed by atoms with E-state index in [2.05, 4.69) is 27.5 Å². The van der Waals surface area contributed by atoms with E-state index in [0.29, 0.717) is 23.1 Å². The molecule has 1 aromatic rings. The van der Waals surface area contributed by atoms with Crippen molar-refractivity contribution >= 4 is 23.5 Å². The van der Waals surface area contributed by atoms with E-state index in [1.165, 1.54) is 12.6 Å². The maximum Gasteiger partial charge on any atom is 0.224 e. The van der Waals surface area contributed by atoms with Gasteiger partial charge < -0.3 is 10.6 Å². The summed E-state index contributed by atoms with van der Waals surface area (Å²) in [5.74, 6) is 1.50. The van der Waals surface area contributed by atoms with Gasteiger partial charge in [-0.3, -0.25) is 0 Å². The Balaban J connectivity index is 1.97. The van der Waals surface area contributed by atoms with Gasteiger partial charge in [0, 0.05) is 18.3 Å². The fourth-order valence-corrected chi connectivity index (χ4v) is 3.38. The molecule has 100 valence electrons. The second-order valence-corrected chi connectivity index (χ2v) is 5.95. The van der Waals surface area contributed by atoms with Crippen LogP contribution in [0.3, 0.4) is 0 Å². The molecule has 0 aliphatic heterocycles. The maximum absolute atomic E-state index is 13.6. The summed E-state index contributed by atoms with van der Waals surface area (Å²) in [6.07, 6.45) is 4.56. The third-order valence-corrected chi connectivity index (χ3v) is 4.33. The molecule has 1 fully saturated rings.